The monoisotopic (exact) mass is 252 g/mol. The van der Waals surface area contributed by atoms with Crippen LogP contribution in [-0.2, 0) is 14.3 Å². The van der Waals surface area contributed by atoms with E-state index < -0.39 is 10.1 Å². The van der Waals surface area contributed by atoms with E-state index in [0.717, 1.165) is 5.69 Å². The number of benzene rings is 1. The minimum atomic E-state index is -3.63. The van der Waals surface area contributed by atoms with Gasteiger partial charge in [0.1, 0.15) is 0 Å². The Labute approximate surface area is 99.8 Å². The molecular weight excluding hydrogens is 240 g/mol. The highest BCUT2D eigenvalue weighted by atomic mass is 32.2. The molecule has 0 atom stereocenters. The third-order valence-electron chi connectivity index (χ3n) is 2.17. The molecule has 1 aromatic heterocycles. The summed E-state index contributed by atoms with van der Waals surface area (Å²) in [7, 11) is -3.63. The minimum absolute atomic E-state index is 0.128. The Bertz CT molecular complexity index is 574. The second-order valence-electron chi connectivity index (χ2n) is 3.31. The van der Waals surface area contributed by atoms with Crippen molar-refractivity contribution in [1.82, 2.24) is 9.78 Å². The van der Waals surface area contributed by atoms with Crippen molar-refractivity contribution in [2.75, 3.05) is 6.61 Å². The van der Waals surface area contributed by atoms with Gasteiger partial charge in [0.15, 0.2) is 0 Å². The molecule has 6 heteroatoms. The molecule has 0 spiro atoms. The van der Waals surface area contributed by atoms with Crippen LogP contribution in [0.15, 0.2) is 47.6 Å². The van der Waals surface area contributed by atoms with E-state index in [1.165, 1.54) is 12.1 Å². The van der Waals surface area contributed by atoms with Gasteiger partial charge < -0.3 is 0 Å². The average Bonchev–Trinajstić information content (AvgIpc) is 2.82. The summed E-state index contributed by atoms with van der Waals surface area (Å²) in [5.41, 5.74) is 0.797. The van der Waals surface area contributed by atoms with E-state index in [0.29, 0.717) is 0 Å². The van der Waals surface area contributed by atoms with E-state index in [-0.39, 0.29) is 11.5 Å². The molecule has 17 heavy (non-hydrogen) atoms. The van der Waals surface area contributed by atoms with Crippen molar-refractivity contribution >= 4 is 10.1 Å². The van der Waals surface area contributed by atoms with E-state index in [9.17, 15) is 8.42 Å². The molecule has 0 radical (unpaired) electrons. The van der Waals surface area contributed by atoms with Gasteiger partial charge >= 0.3 is 0 Å². The van der Waals surface area contributed by atoms with E-state index in [4.69, 9.17) is 4.18 Å². The molecule has 1 heterocycles. The maximum atomic E-state index is 11.6. The van der Waals surface area contributed by atoms with Gasteiger partial charge in [0.25, 0.3) is 10.1 Å². The SMILES string of the molecule is CCOS(=O)(=O)c1ccc(-n2cccn2)cc1. The Kier molecular flexibility index (Phi) is 3.26. The standard InChI is InChI=1S/C11H12N2O3S/c1-2-16-17(14,15)11-6-4-10(5-7-11)13-9-3-8-12-13/h3-9H,2H2,1H3. The van der Waals surface area contributed by atoms with Crippen LogP contribution in [0, 0.1) is 0 Å². The van der Waals surface area contributed by atoms with Crippen LogP contribution in [0.3, 0.4) is 0 Å². The molecule has 0 aliphatic rings. The summed E-state index contributed by atoms with van der Waals surface area (Å²) in [6, 6.07) is 8.16. The van der Waals surface area contributed by atoms with Crippen molar-refractivity contribution in [2.24, 2.45) is 0 Å². The largest absolute Gasteiger partial charge is 0.296 e. The molecule has 0 N–H and O–H groups in total. The second-order valence-corrected chi connectivity index (χ2v) is 4.92. The molecule has 2 rings (SSSR count). The third kappa shape index (κ3) is 2.54. The summed E-state index contributed by atoms with van der Waals surface area (Å²) >= 11 is 0. The first kappa shape index (κ1) is 11.8. The highest BCUT2D eigenvalue weighted by Crippen LogP contribution is 2.15. The van der Waals surface area contributed by atoms with E-state index >= 15 is 0 Å². The molecule has 1 aromatic carbocycles. The summed E-state index contributed by atoms with van der Waals surface area (Å²) < 4.78 is 29.5. The van der Waals surface area contributed by atoms with Crippen molar-refractivity contribution in [3.8, 4) is 5.69 Å². The van der Waals surface area contributed by atoms with Crippen molar-refractivity contribution in [3.05, 3.63) is 42.7 Å². The lowest BCUT2D eigenvalue weighted by Gasteiger charge is -2.05. The first-order valence-corrected chi connectivity index (χ1v) is 6.54. The maximum Gasteiger partial charge on any atom is 0.296 e. The predicted molar refractivity (Wildman–Crippen MR) is 62.4 cm³/mol. The van der Waals surface area contributed by atoms with Gasteiger partial charge in [0.05, 0.1) is 17.2 Å². The molecule has 0 fully saturated rings. The highest BCUT2D eigenvalue weighted by Gasteiger charge is 2.13. The van der Waals surface area contributed by atoms with Crippen LogP contribution in [0.5, 0.6) is 0 Å². The van der Waals surface area contributed by atoms with Crippen LogP contribution in [-0.4, -0.2) is 24.8 Å². The zero-order valence-corrected chi connectivity index (χ0v) is 10.1. The molecular formula is C11H12N2O3S. The van der Waals surface area contributed by atoms with Crippen LogP contribution in [0.1, 0.15) is 6.92 Å². The number of hydrogen-bond donors (Lipinski definition) is 0. The van der Waals surface area contributed by atoms with Gasteiger partial charge in [-0.1, -0.05) is 0 Å². The molecule has 2 aromatic rings. The molecule has 0 saturated heterocycles. The van der Waals surface area contributed by atoms with Crippen LogP contribution in [0.25, 0.3) is 5.69 Å². The van der Waals surface area contributed by atoms with E-state index in [2.05, 4.69) is 5.10 Å². The van der Waals surface area contributed by atoms with Crippen molar-refractivity contribution in [2.45, 2.75) is 11.8 Å². The molecule has 0 saturated carbocycles. The van der Waals surface area contributed by atoms with Gasteiger partial charge in [-0.3, -0.25) is 4.18 Å². The lowest BCUT2D eigenvalue weighted by Crippen LogP contribution is -2.06. The number of hydrogen-bond acceptors (Lipinski definition) is 4. The maximum absolute atomic E-state index is 11.6. The lowest BCUT2D eigenvalue weighted by molar-refractivity contribution is 0.338. The molecule has 0 unspecified atom stereocenters. The smallest absolute Gasteiger partial charge is 0.267 e. The zero-order chi connectivity index (χ0) is 12.3. The summed E-state index contributed by atoms with van der Waals surface area (Å²) in [5.74, 6) is 0. The minimum Gasteiger partial charge on any atom is -0.267 e. The summed E-state index contributed by atoms with van der Waals surface area (Å²) in [6.45, 7) is 1.76. The highest BCUT2D eigenvalue weighted by molar-refractivity contribution is 7.86. The average molecular weight is 252 g/mol. The quantitative estimate of drug-likeness (QED) is 0.775. The molecule has 90 valence electrons. The predicted octanol–water partition coefficient (Wildman–Crippen LogP) is 1.60. The van der Waals surface area contributed by atoms with Gasteiger partial charge in [-0.15, -0.1) is 0 Å². The molecule has 0 bridgehead atoms. The Morgan fingerprint density at radius 3 is 2.53 bits per heavy atom. The fourth-order valence-electron chi connectivity index (χ4n) is 1.41. The molecule has 0 aliphatic heterocycles. The van der Waals surface area contributed by atoms with E-state index in [1.54, 1.807) is 42.2 Å². The van der Waals surface area contributed by atoms with Gasteiger partial charge in [-0.2, -0.15) is 13.5 Å². The summed E-state index contributed by atoms with van der Waals surface area (Å²) in [4.78, 5) is 0.148. The second kappa shape index (κ2) is 4.68. The molecule has 0 amide bonds. The Hall–Kier alpha value is -1.66. The Morgan fingerprint density at radius 1 is 1.29 bits per heavy atom. The number of nitrogens with zero attached hydrogens (tertiary/aromatic N) is 2. The van der Waals surface area contributed by atoms with Crippen LogP contribution < -0.4 is 0 Å². The van der Waals surface area contributed by atoms with Crippen LogP contribution in [0.4, 0.5) is 0 Å². The Balaban J connectivity index is 2.31. The summed E-state index contributed by atoms with van der Waals surface area (Å²) in [5, 5.41) is 4.05. The Morgan fingerprint density at radius 2 is 2.00 bits per heavy atom. The first-order valence-electron chi connectivity index (χ1n) is 5.13. The lowest BCUT2D eigenvalue weighted by atomic mass is 10.3. The zero-order valence-electron chi connectivity index (χ0n) is 9.28. The summed E-state index contributed by atoms with van der Waals surface area (Å²) in [6.07, 6.45) is 3.44. The number of rotatable bonds is 4. The van der Waals surface area contributed by atoms with Gasteiger partial charge in [-0.05, 0) is 37.3 Å². The fraction of sp³-hybridized carbons (Fsp3) is 0.182. The first-order chi connectivity index (χ1) is 8.13. The number of aromatic nitrogens is 2. The van der Waals surface area contributed by atoms with Crippen LogP contribution in [0.2, 0.25) is 0 Å². The van der Waals surface area contributed by atoms with Crippen LogP contribution >= 0.6 is 0 Å². The third-order valence-corrected chi connectivity index (χ3v) is 3.56. The molecule has 5 nitrogen and oxygen atoms in total. The van der Waals surface area contributed by atoms with Crippen molar-refractivity contribution in [3.63, 3.8) is 0 Å². The fourth-order valence-corrected chi connectivity index (χ4v) is 2.33. The topological polar surface area (TPSA) is 61.2 Å². The normalized spacial score (nSPS) is 11.6. The van der Waals surface area contributed by atoms with Gasteiger partial charge in [-0.25, -0.2) is 4.68 Å². The van der Waals surface area contributed by atoms with Gasteiger partial charge in [0.2, 0.25) is 0 Å². The van der Waals surface area contributed by atoms with Crippen molar-refractivity contribution in [1.29, 1.82) is 0 Å². The van der Waals surface area contributed by atoms with Crippen molar-refractivity contribution < 1.29 is 12.6 Å². The molecule has 0 aliphatic carbocycles. The van der Waals surface area contributed by atoms with E-state index in [1.807, 2.05) is 0 Å². The van der Waals surface area contributed by atoms with Gasteiger partial charge in [0, 0.05) is 12.4 Å².